The molecule has 1 aromatic carbocycles. The zero-order chi connectivity index (χ0) is 21.0. The molecule has 0 aliphatic heterocycles. The predicted molar refractivity (Wildman–Crippen MR) is 124 cm³/mol. The van der Waals surface area contributed by atoms with Crippen molar-refractivity contribution < 1.29 is 4.39 Å². The average Bonchev–Trinajstić information content (AvgIpc) is 2.69. The van der Waals surface area contributed by atoms with Crippen molar-refractivity contribution in [2.24, 2.45) is 17.8 Å². The number of unbranched alkanes of at least 4 members (excludes halogenated alkanes) is 1. The molecule has 2 heteroatoms. The van der Waals surface area contributed by atoms with Gasteiger partial charge in [0.25, 0.3) is 0 Å². The molecule has 2 aliphatic rings. The Balaban J connectivity index is 1.56. The number of hydrogen-bond donors (Lipinski definition) is 0. The quantitative estimate of drug-likeness (QED) is 0.411. The molecule has 2 fully saturated rings. The maximum Gasteiger partial charge on any atom is 0.141 e. The predicted octanol–water partition coefficient (Wildman–Crippen LogP) is 8.75. The van der Waals surface area contributed by atoms with Gasteiger partial charge < -0.3 is 0 Å². The van der Waals surface area contributed by atoms with Crippen LogP contribution in [0, 0.1) is 34.9 Å². The molecular formula is C28H42FN. The molecule has 1 aromatic rings. The van der Waals surface area contributed by atoms with E-state index in [0.29, 0.717) is 0 Å². The molecule has 0 radical (unpaired) electrons. The van der Waals surface area contributed by atoms with Gasteiger partial charge in [-0.3, -0.25) is 0 Å². The van der Waals surface area contributed by atoms with Crippen molar-refractivity contribution in [1.29, 1.82) is 5.26 Å². The fraction of sp³-hybridized carbons (Fsp3) is 0.750. The summed E-state index contributed by atoms with van der Waals surface area (Å²) in [6, 6.07) is 7.06. The molecule has 30 heavy (non-hydrogen) atoms. The van der Waals surface area contributed by atoms with Gasteiger partial charge in [-0.2, -0.15) is 5.26 Å². The van der Waals surface area contributed by atoms with Crippen LogP contribution >= 0.6 is 0 Å². The highest BCUT2D eigenvalue weighted by atomic mass is 19.1. The van der Waals surface area contributed by atoms with Crippen molar-refractivity contribution in [2.45, 2.75) is 116 Å². The molecule has 0 atom stereocenters. The molecule has 0 N–H and O–H groups in total. The summed E-state index contributed by atoms with van der Waals surface area (Å²) in [5.74, 6) is 2.44. The van der Waals surface area contributed by atoms with Crippen LogP contribution in [0.1, 0.15) is 120 Å². The van der Waals surface area contributed by atoms with Crippen LogP contribution in [0.15, 0.2) is 18.2 Å². The Morgan fingerprint density at radius 3 is 1.83 bits per heavy atom. The maximum atomic E-state index is 13.9. The molecule has 0 unspecified atom stereocenters. The molecule has 2 aliphatic carbocycles. The van der Waals surface area contributed by atoms with Crippen LogP contribution < -0.4 is 0 Å². The zero-order valence-electron chi connectivity index (χ0n) is 19.0. The fourth-order valence-corrected chi connectivity index (χ4v) is 6.20. The lowest BCUT2D eigenvalue weighted by Crippen LogP contribution is -2.25. The smallest absolute Gasteiger partial charge is 0.141 e. The van der Waals surface area contributed by atoms with E-state index in [1.54, 1.807) is 12.1 Å². The van der Waals surface area contributed by atoms with Crippen molar-refractivity contribution in [1.82, 2.24) is 0 Å². The highest BCUT2D eigenvalue weighted by Gasteiger charge is 2.29. The second kappa shape index (κ2) is 13.1. The average molecular weight is 412 g/mol. The molecule has 0 bridgehead atoms. The second-order valence-corrected chi connectivity index (χ2v) is 10.0. The monoisotopic (exact) mass is 411 g/mol. The normalized spacial score (nSPS) is 20.2. The third kappa shape index (κ3) is 7.40. The van der Waals surface area contributed by atoms with E-state index in [4.69, 9.17) is 5.26 Å². The van der Waals surface area contributed by atoms with Gasteiger partial charge in [0, 0.05) is 0 Å². The van der Waals surface area contributed by atoms with Crippen LogP contribution in [0.5, 0.6) is 0 Å². The summed E-state index contributed by atoms with van der Waals surface area (Å²) in [5.41, 5.74) is 1.20. The van der Waals surface area contributed by atoms with Crippen LogP contribution in [0.2, 0.25) is 0 Å². The Labute approximate surface area is 184 Å². The minimum Gasteiger partial charge on any atom is -0.206 e. The number of benzene rings is 1. The van der Waals surface area contributed by atoms with Crippen LogP contribution in [0.25, 0.3) is 0 Å². The first kappa shape index (κ1) is 23.3. The second-order valence-electron chi connectivity index (χ2n) is 10.0. The number of hydrogen-bond acceptors (Lipinski definition) is 1. The van der Waals surface area contributed by atoms with E-state index < -0.39 is 0 Å². The van der Waals surface area contributed by atoms with Gasteiger partial charge >= 0.3 is 0 Å². The van der Waals surface area contributed by atoms with E-state index in [9.17, 15) is 4.39 Å². The number of nitriles is 1. The molecule has 3 rings (SSSR count). The Morgan fingerprint density at radius 1 is 0.800 bits per heavy atom. The van der Waals surface area contributed by atoms with Crippen LogP contribution in [-0.2, 0) is 6.42 Å². The summed E-state index contributed by atoms with van der Waals surface area (Å²) in [4.78, 5) is 0. The van der Waals surface area contributed by atoms with Gasteiger partial charge in [-0.25, -0.2) is 4.39 Å². The number of rotatable bonds is 7. The Morgan fingerprint density at radius 2 is 1.33 bits per heavy atom. The van der Waals surface area contributed by atoms with Crippen molar-refractivity contribution in [2.75, 3.05) is 0 Å². The van der Waals surface area contributed by atoms with E-state index in [1.807, 2.05) is 12.1 Å². The molecule has 166 valence electrons. The van der Waals surface area contributed by atoms with Crippen LogP contribution in [-0.4, -0.2) is 0 Å². The van der Waals surface area contributed by atoms with E-state index in [1.165, 1.54) is 103 Å². The molecule has 2 saturated carbocycles. The van der Waals surface area contributed by atoms with Crippen LogP contribution in [0.3, 0.4) is 0 Å². The van der Waals surface area contributed by atoms with Gasteiger partial charge in [-0.1, -0.05) is 102 Å². The van der Waals surface area contributed by atoms with Gasteiger partial charge in [-0.05, 0) is 54.7 Å². The SMILES string of the molecule is N#Cc1ccc(CCCCC(C2CCCCCCC2)C2CCCCCCC2)cc1F. The summed E-state index contributed by atoms with van der Waals surface area (Å²) in [6.45, 7) is 0. The first-order chi connectivity index (χ1) is 14.8. The highest BCUT2D eigenvalue weighted by molar-refractivity contribution is 5.33. The van der Waals surface area contributed by atoms with Crippen molar-refractivity contribution in [3.8, 4) is 6.07 Å². The van der Waals surface area contributed by atoms with E-state index in [-0.39, 0.29) is 11.4 Å². The largest absolute Gasteiger partial charge is 0.206 e. The summed E-state index contributed by atoms with van der Waals surface area (Å²) in [7, 11) is 0. The summed E-state index contributed by atoms with van der Waals surface area (Å²) in [5, 5.41) is 8.92. The minimum atomic E-state index is -0.364. The lowest BCUT2D eigenvalue weighted by Gasteiger charge is -2.36. The minimum absolute atomic E-state index is 0.160. The highest BCUT2D eigenvalue weighted by Crippen LogP contribution is 2.40. The number of halogens is 1. The van der Waals surface area contributed by atoms with E-state index >= 15 is 0 Å². The van der Waals surface area contributed by atoms with E-state index in [0.717, 1.165) is 36.2 Å². The number of aryl methyl sites for hydroxylation is 1. The Bertz CT molecular complexity index is 623. The molecule has 0 amide bonds. The zero-order valence-corrected chi connectivity index (χ0v) is 19.0. The van der Waals surface area contributed by atoms with Gasteiger partial charge in [0.05, 0.1) is 5.56 Å². The Kier molecular flexibility index (Phi) is 10.2. The molecular weight excluding hydrogens is 369 g/mol. The summed E-state index contributed by atoms with van der Waals surface area (Å²) < 4.78 is 13.9. The molecule has 0 aromatic heterocycles. The molecule has 0 spiro atoms. The fourth-order valence-electron chi connectivity index (χ4n) is 6.20. The first-order valence-corrected chi connectivity index (χ1v) is 13.0. The van der Waals surface area contributed by atoms with Gasteiger partial charge in [0.1, 0.15) is 11.9 Å². The van der Waals surface area contributed by atoms with E-state index in [2.05, 4.69) is 0 Å². The first-order valence-electron chi connectivity index (χ1n) is 13.0. The van der Waals surface area contributed by atoms with Gasteiger partial charge in [0.2, 0.25) is 0 Å². The topological polar surface area (TPSA) is 23.8 Å². The molecule has 0 saturated heterocycles. The summed E-state index contributed by atoms with van der Waals surface area (Å²) >= 11 is 0. The standard InChI is InChI=1S/C28H42FN/c29-28-21-23(19-20-26(28)22-30)13-11-12-18-27(24-14-7-3-1-4-8-15-24)25-16-9-5-2-6-10-17-25/h19-21,24-25,27H,1-18H2. The van der Waals surface area contributed by atoms with Gasteiger partial charge in [-0.15, -0.1) is 0 Å². The summed E-state index contributed by atoms with van der Waals surface area (Å²) in [6.07, 6.45) is 25.0. The third-order valence-corrected chi connectivity index (χ3v) is 7.92. The lowest BCUT2D eigenvalue weighted by molar-refractivity contribution is 0.148. The Hall–Kier alpha value is -1.36. The third-order valence-electron chi connectivity index (χ3n) is 7.92. The van der Waals surface area contributed by atoms with Crippen LogP contribution in [0.4, 0.5) is 4.39 Å². The van der Waals surface area contributed by atoms with Crippen molar-refractivity contribution in [3.63, 3.8) is 0 Å². The van der Waals surface area contributed by atoms with Crippen molar-refractivity contribution >= 4 is 0 Å². The maximum absolute atomic E-state index is 13.9. The van der Waals surface area contributed by atoms with Crippen molar-refractivity contribution in [3.05, 3.63) is 35.1 Å². The van der Waals surface area contributed by atoms with Gasteiger partial charge in [0.15, 0.2) is 0 Å². The lowest BCUT2D eigenvalue weighted by atomic mass is 9.69. The number of nitrogens with zero attached hydrogens (tertiary/aromatic N) is 1. The molecule has 0 heterocycles. The molecule has 1 nitrogen and oxygen atoms in total.